The van der Waals surface area contributed by atoms with Gasteiger partial charge in [0.25, 0.3) is 0 Å². The molecule has 1 N–H and O–H groups in total. The third-order valence-corrected chi connectivity index (χ3v) is 2.04. The number of rotatable bonds is 6. The van der Waals surface area contributed by atoms with E-state index >= 15 is 0 Å². The number of nitrogens with zero attached hydrogens (tertiary/aromatic N) is 1. The second-order valence-electron chi connectivity index (χ2n) is 5.34. The number of aldehydes is 1. The van der Waals surface area contributed by atoms with Gasteiger partial charge >= 0.3 is 0 Å². The van der Waals surface area contributed by atoms with Crippen molar-refractivity contribution < 1.29 is 4.79 Å². The minimum Gasteiger partial charge on any atom is -0.318 e. The Hall–Kier alpha value is -0.410. The Labute approximate surface area is 115 Å². The minimum absolute atomic E-state index is 0.182. The molecule has 0 atom stereocenters. The van der Waals surface area contributed by atoms with E-state index < -0.39 is 0 Å². The minimum atomic E-state index is 0.182. The Morgan fingerprint density at radius 1 is 1.17 bits per heavy atom. The maximum atomic E-state index is 9.82. The van der Waals surface area contributed by atoms with Gasteiger partial charge in [-0.05, 0) is 32.5 Å². The molecule has 0 aromatic heterocycles. The summed E-state index contributed by atoms with van der Waals surface area (Å²) >= 11 is 0. The van der Waals surface area contributed by atoms with E-state index in [9.17, 15) is 4.79 Å². The van der Waals surface area contributed by atoms with Crippen LogP contribution in [0, 0.1) is 5.41 Å². The van der Waals surface area contributed by atoms with E-state index in [-0.39, 0.29) is 5.41 Å². The summed E-state index contributed by atoms with van der Waals surface area (Å²) in [6.07, 6.45) is 2.87. The lowest BCUT2D eigenvalue weighted by Crippen LogP contribution is -2.27. The predicted molar refractivity (Wildman–Crippen MR) is 83.2 cm³/mol. The fourth-order valence-electron chi connectivity index (χ4n) is 1.05. The molecule has 0 rings (SSSR count). The molecule has 0 saturated carbocycles. The molecule has 0 bridgehead atoms. The number of carbonyl (C=O) groups is 1. The molecule has 0 heterocycles. The highest BCUT2D eigenvalue weighted by molar-refractivity contribution is 5.50. The molecule has 112 valence electrons. The average Bonchev–Trinajstić information content (AvgIpc) is 2.29. The van der Waals surface area contributed by atoms with Crippen molar-refractivity contribution in [3.63, 3.8) is 0 Å². The van der Waals surface area contributed by atoms with Crippen molar-refractivity contribution in [3.8, 4) is 0 Å². The van der Waals surface area contributed by atoms with Gasteiger partial charge in [0.1, 0.15) is 6.29 Å². The fourth-order valence-corrected chi connectivity index (χ4v) is 1.05. The van der Waals surface area contributed by atoms with Crippen LogP contribution >= 0.6 is 0 Å². The van der Waals surface area contributed by atoms with E-state index in [0.29, 0.717) is 6.42 Å². The summed E-state index contributed by atoms with van der Waals surface area (Å²) in [5.74, 6) is 0. The Kier molecular flexibility index (Phi) is 21.0. The lowest BCUT2D eigenvalue weighted by Gasteiger charge is -2.13. The second kappa shape index (κ2) is 16.6. The molecule has 0 fully saturated rings. The van der Waals surface area contributed by atoms with Gasteiger partial charge in [-0.1, -0.05) is 41.5 Å². The van der Waals surface area contributed by atoms with Crippen LogP contribution in [0.25, 0.3) is 0 Å². The second-order valence-corrected chi connectivity index (χ2v) is 5.34. The SMILES string of the molecule is CC.CC(C)(C)CC=O.CCCN(C)CCNC. The molecule has 0 radical (unpaired) electrons. The van der Waals surface area contributed by atoms with Crippen molar-refractivity contribution in [2.45, 2.75) is 54.4 Å². The third-order valence-electron chi connectivity index (χ3n) is 2.04. The van der Waals surface area contributed by atoms with Crippen LogP contribution in [0.2, 0.25) is 0 Å². The van der Waals surface area contributed by atoms with Gasteiger partial charge in [-0.25, -0.2) is 0 Å². The van der Waals surface area contributed by atoms with Gasteiger partial charge in [-0.2, -0.15) is 0 Å². The number of carbonyl (C=O) groups excluding carboxylic acids is 1. The molecule has 0 aliphatic carbocycles. The van der Waals surface area contributed by atoms with Gasteiger partial charge in [-0.15, -0.1) is 0 Å². The van der Waals surface area contributed by atoms with Crippen molar-refractivity contribution in [1.29, 1.82) is 0 Å². The summed E-state index contributed by atoms with van der Waals surface area (Å²) in [4.78, 5) is 12.2. The van der Waals surface area contributed by atoms with Crippen LogP contribution in [-0.4, -0.2) is 44.9 Å². The summed E-state index contributed by atoms with van der Waals surface area (Å²) in [7, 11) is 4.14. The van der Waals surface area contributed by atoms with E-state index in [1.54, 1.807) is 0 Å². The average molecular weight is 260 g/mol. The van der Waals surface area contributed by atoms with E-state index in [4.69, 9.17) is 0 Å². The Morgan fingerprint density at radius 3 is 1.89 bits per heavy atom. The standard InChI is InChI=1S/C7H18N2.C6H12O.C2H6/c1-4-6-9(3)7-5-8-2;1-6(2,3)4-5-7;1-2/h8H,4-7H2,1-3H3;5H,4H2,1-3H3;1-2H3. The summed E-state index contributed by atoms with van der Waals surface area (Å²) < 4.78 is 0. The van der Waals surface area contributed by atoms with E-state index in [1.807, 2.05) is 41.7 Å². The van der Waals surface area contributed by atoms with Gasteiger partial charge < -0.3 is 15.0 Å². The molecule has 0 aromatic rings. The van der Waals surface area contributed by atoms with E-state index in [0.717, 1.165) is 19.4 Å². The van der Waals surface area contributed by atoms with Crippen LogP contribution in [0.5, 0.6) is 0 Å². The molecule has 0 amide bonds. The number of hydrogen-bond acceptors (Lipinski definition) is 3. The topological polar surface area (TPSA) is 32.3 Å². The molecule has 0 aliphatic rings. The molecule has 0 unspecified atom stereocenters. The zero-order chi connectivity index (χ0) is 15.0. The first-order valence-electron chi connectivity index (χ1n) is 7.14. The zero-order valence-corrected chi connectivity index (χ0v) is 14.0. The fraction of sp³-hybridized carbons (Fsp3) is 0.933. The first-order chi connectivity index (χ1) is 8.37. The maximum Gasteiger partial charge on any atom is 0.120 e. The smallest absolute Gasteiger partial charge is 0.120 e. The Morgan fingerprint density at radius 2 is 1.67 bits per heavy atom. The predicted octanol–water partition coefficient (Wildman–Crippen LogP) is 3.20. The largest absolute Gasteiger partial charge is 0.318 e. The molecule has 0 spiro atoms. The van der Waals surface area contributed by atoms with Crippen molar-refractivity contribution in [3.05, 3.63) is 0 Å². The molecular weight excluding hydrogens is 224 g/mol. The molecule has 3 heteroatoms. The number of likely N-dealkylation sites (N-methyl/N-ethyl adjacent to an activating group) is 2. The van der Waals surface area contributed by atoms with Gasteiger partial charge in [0.15, 0.2) is 0 Å². The molecule has 0 aromatic carbocycles. The molecule has 3 nitrogen and oxygen atoms in total. The van der Waals surface area contributed by atoms with Crippen LogP contribution in [0.4, 0.5) is 0 Å². The van der Waals surface area contributed by atoms with Crippen LogP contribution in [-0.2, 0) is 4.79 Å². The maximum absolute atomic E-state index is 9.82. The highest BCUT2D eigenvalue weighted by atomic mass is 16.1. The highest BCUT2D eigenvalue weighted by Crippen LogP contribution is 2.15. The molecule has 18 heavy (non-hydrogen) atoms. The van der Waals surface area contributed by atoms with Gasteiger partial charge in [0.2, 0.25) is 0 Å². The summed E-state index contributed by atoms with van der Waals surface area (Å²) in [5, 5.41) is 3.12. The summed E-state index contributed by atoms with van der Waals surface area (Å²) in [6.45, 7) is 15.8. The van der Waals surface area contributed by atoms with Crippen LogP contribution < -0.4 is 5.32 Å². The zero-order valence-electron chi connectivity index (χ0n) is 14.0. The van der Waals surface area contributed by atoms with Crippen LogP contribution in [0.1, 0.15) is 54.4 Å². The van der Waals surface area contributed by atoms with Gasteiger partial charge in [0, 0.05) is 19.5 Å². The molecular formula is C15H36N2O. The monoisotopic (exact) mass is 260 g/mol. The van der Waals surface area contributed by atoms with E-state index in [2.05, 4.69) is 24.2 Å². The van der Waals surface area contributed by atoms with Crippen molar-refractivity contribution in [2.75, 3.05) is 33.7 Å². The van der Waals surface area contributed by atoms with Crippen molar-refractivity contribution in [2.24, 2.45) is 5.41 Å². The Bertz CT molecular complexity index is 153. The highest BCUT2D eigenvalue weighted by Gasteiger charge is 2.06. The quantitative estimate of drug-likeness (QED) is 0.744. The summed E-state index contributed by atoms with van der Waals surface area (Å²) in [6, 6.07) is 0. The lowest BCUT2D eigenvalue weighted by atomic mass is 9.93. The normalized spacial score (nSPS) is 10.1. The molecule has 0 aliphatic heterocycles. The van der Waals surface area contributed by atoms with Crippen LogP contribution in [0.3, 0.4) is 0 Å². The number of hydrogen-bond donors (Lipinski definition) is 1. The lowest BCUT2D eigenvalue weighted by molar-refractivity contribution is -0.109. The third kappa shape index (κ3) is 29.6. The van der Waals surface area contributed by atoms with Crippen LogP contribution in [0.15, 0.2) is 0 Å². The van der Waals surface area contributed by atoms with Gasteiger partial charge in [-0.3, -0.25) is 0 Å². The van der Waals surface area contributed by atoms with Crippen molar-refractivity contribution >= 4 is 6.29 Å². The van der Waals surface area contributed by atoms with E-state index in [1.165, 1.54) is 13.0 Å². The Balaban J connectivity index is -0.000000225. The molecule has 0 saturated heterocycles. The first kappa shape index (κ1) is 22.7. The van der Waals surface area contributed by atoms with Crippen molar-refractivity contribution in [1.82, 2.24) is 10.2 Å². The van der Waals surface area contributed by atoms with Gasteiger partial charge in [0.05, 0.1) is 0 Å². The number of nitrogens with one attached hydrogen (secondary N) is 1. The summed E-state index contributed by atoms with van der Waals surface area (Å²) in [5.41, 5.74) is 0.182. The first-order valence-corrected chi connectivity index (χ1v) is 7.14.